The number of carbonyl (C=O) groups excluding carboxylic acids is 2. The molecule has 0 saturated heterocycles. The maximum Gasteiger partial charge on any atom is 0.210 e. The predicted octanol–water partition coefficient (Wildman–Crippen LogP) is 3.18. The Morgan fingerprint density at radius 1 is 1.17 bits per heavy atom. The predicted molar refractivity (Wildman–Crippen MR) is 91.1 cm³/mol. The van der Waals surface area contributed by atoms with E-state index in [-0.39, 0.29) is 23.4 Å². The van der Waals surface area contributed by atoms with Crippen molar-refractivity contribution < 1.29 is 19.4 Å². The minimum absolute atomic E-state index is 0.0957. The summed E-state index contributed by atoms with van der Waals surface area (Å²) in [4.78, 5) is 25.4. The van der Waals surface area contributed by atoms with E-state index >= 15 is 0 Å². The molecule has 24 heavy (non-hydrogen) atoms. The van der Waals surface area contributed by atoms with Crippen molar-refractivity contribution in [2.45, 2.75) is 58.7 Å². The van der Waals surface area contributed by atoms with Crippen molar-refractivity contribution in [2.24, 2.45) is 5.41 Å². The van der Waals surface area contributed by atoms with Crippen LogP contribution < -0.4 is 0 Å². The summed E-state index contributed by atoms with van der Waals surface area (Å²) >= 11 is 0. The number of carbonyl (C=O) groups is 2. The van der Waals surface area contributed by atoms with Gasteiger partial charge >= 0.3 is 0 Å². The molecule has 4 nitrogen and oxygen atoms in total. The van der Waals surface area contributed by atoms with Crippen LogP contribution in [0.5, 0.6) is 0 Å². The summed E-state index contributed by atoms with van der Waals surface area (Å²) in [7, 11) is 0. The van der Waals surface area contributed by atoms with Crippen molar-refractivity contribution in [1.82, 2.24) is 0 Å². The van der Waals surface area contributed by atoms with Gasteiger partial charge in [0, 0.05) is 24.0 Å². The van der Waals surface area contributed by atoms with Gasteiger partial charge in [0.25, 0.3) is 0 Å². The zero-order chi connectivity index (χ0) is 17.9. The molecule has 0 fully saturated rings. The van der Waals surface area contributed by atoms with E-state index in [1.807, 2.05) is 19.9 Å². The van der Waals surface area contributed by atoms with Gasteiger partial charge in [0.2, 0.25) is 5.78 Å². The van der Waals surface area contributed by atoms with E-state index in [9.17, 15) is 14.7 Å². The van der Waals surface area contributed by atoms with Crippen molar-refractivity contribution in [2.75, 3.05) is 0 Å². The lowest BCUT2D eigenvalue weighted by atomic mass is 9.83. The van der Waals surface area contributed by atoms with Gasteiger partial charge in [-0.05, 0) is 50.0 Å². The Labute approximate surface area is 142 Å². The van der Waals surface area contributed by atoms with Crippen LogP contribution in [-0.2, 0) is 14.3 Å². The normalized spacial score (nSPS) is 38.8. The molecule has 4 heteroatoms. The lowest BCUT2D eigenvalue weighted by Crippen LogP contribution is -2.40. The fourth-order valence-electron chi connectivity index (χ4n) is 3.71. The molecule has 0 aromatic carbocycles. The van der Waals surface area contributed by atoms with E-state index in [2.05, 4.69) is 0 Å². The van der Waals surface area contributed by atoms with Crippen LogP contribution >= 0.6 is 0 Å². The van der Waals surface area contributed by atoms with Crippen molar-refractivity contribution in [3.63, 3.8) is 0 Å². The van der Waals surface area contributed by atoms with Gasteiger partial charge in [-0.1, -0.05) is 19.9 Å². The molecule has 1 spiro atoms. The Hall–Kier alpha value is -1.94. The molecule has 2 atom stereocenters. The van der Waals surface area contributed by atoms with Crippen LogP contribution in [0.15, 0.2) is 46.8 Å². The molecule has 3 aliphatic rings. The maximum atomic E-state index is 13.0. The number of hydrogen-bond acceptors (Lipinski definition) is 4. The van der Waals surface area contributed by atoms with Gasteiger partial charge in [0.05, 0.1) is 5.60 Å². The molecule has 128 valence electrons. The van der Waals surface area contributed by atoms with E-state index < -0.39 is 11.2 Å². The highest BCUT2D eigenvalue weighted by Gasteiger charge is 2.57. The second-order valence-electron chi connectivity index (χ2n) is 8.13. The molecule has 0 aromatic heterocycles. The Balaban J connectivity index is 2.20. The molecule has 3 rings (SSSR count). The first kappa shape index (κ1) is 16.9. The zero-order valence-corrected chi connectivity index (χ0v) is 14.9. The molecule has 1 N–H and O–H groups in total. The SMILES string of the molecule is CC1=C2CC(C)(C)/C=C/C(=O)/C(C)=C\C3=C[C@](C)(O)C[C@]3(O2)C1=O. The molecule has 0 aromatic rings. The first-order valence-electron chi connectivity index (χ1n) is 8.27. The second-order valence-corrected chi connectivity index (χ2v) is 8.13. The summed E-state index contributed by atoms with van der Waals surface area (Å²) in [6.45, 7) is 9.18. The van der Waals surface area contributed by atoms with Crippen molar-refractivity contribution in [3.8, 4) is 0 Å². The van der Waals surface area contributed by atoms with Gasteiger partial charge in [-0.3, -0.25) is 9.59 Å². The van der Waals surface area contributed by atoms with Crippen LogP contribution in [0.1, 0.15) is 47.5 Å². The van der Waals surface area contributed by atoms with Crippen molar-refractivity contribution in [1.29, 1.82) is 0 Å². The molecule has 0 saturated carbocycles. The topological polar surface area (TPSA) is 63.6 Å². The Bertz CT molecular complexity index is 759. The number of Topliss-reactive ketones (excluding diaryl/α,β-unsaturated/α-hetero) is 1. The number of fused-ring (bicyclic) bond motifs is 1. The summed E-state index contributed by atoms with van der Waals surface area (Å²) < 4.78 is 6.20. The average molecular weight is 328 g/mol. The largest absolute Gasteiger partial charge is 0.478 e. The summed E-state index contributed by atoms with van der Waals surface area (Å²) in [5.41, 5.74) is -0.951. The third-order valence-electron chi connectivity index (χ3n) is 5.03. The molecule has 2 heterocycles. The van der Waals surface area contributed by atoms with Gasteiger partial charge < -0.3 is 9.84 Å². The van der Waals surface area contributed by atoms with Gasteiger partial charge in [0.1, 0.15) is 5.76 Å². The number of hydrogen-bond donors (Lipinski definition) is 1. The fraction of sp³-hybridized carbons (Fsp3) is 0.500. The van der Waals surface area contributed by atoms with E-state index in [0.29, 0.717) is 28.9 Å². The van der Waals surface area contributed by atoms with Gasteiger partial charge in [-0.2, -0.15) is 0 Å². The standard InChI is InChI=1S/C20H24O4/c1-12-8-14-9-19(5,23)11-20(14)17(22)13(2)16(24-20)10-18(3,4)7-6-15(12)21/h6-9,23H,10-11H2,1-5H3/b7-6+,12-8-/t19-,20+/m0/s1. The highest BCUT2D eigenvalue weighted by molar-refractivity contribution is 6.08. The first-order chi connectivity index (χ1) is 11.0. The van der Waals surface area contributed by atoms with Crippen LogP contribution in [0.3, 0.4) is 0 Å². The number of aliphatic hydroxyl groups is 1. The summed E-state index contributed by atoms with van der Waals surface area (Å²) in [5, 5.41) is 10.5. The van der Waals surface area contributed by atoms with Crippen LogP contribution in [0.4, 0.5) is 0 Å². The van der Waals surface area contributed by atoms with E-state index in [4.69, 9.17) is 4.74 Å². The molecule has 0 amide bonds. The minimum atomic E-state index is -1.20. The molecular weight excluding hydrogens is 304 g/mol. The highest BCUT2D eigenvalue weighted by atomic mass is 16.5. The smallest absolute Gasteiger partial charge is 0.210 e. The van der Waals surface area contributed by atoms with Crippen molar-refractivity contribution >= 4 is 11.6 Å². The van der Waals surface area contributed by atoms with Crippen LogP contribution in [-0.4, -0.2) is 27.9 Å². The first-order valence-corrected chi connectivity index (χ1v) is 8.27. The van der Waals surface area contributed by atoms with Crippen molar-refractivity contribution in [3.05, 3.63) is 46.8 Å². The second kappa shape index (κ2) is 5.03. The number of rotatable bonds is 0. The Kier molecular flexibility index (Phi) is 3.54. The Morgan fingerprint density at radius 2 is 1.83 bits per heavy atom. The third-order valence-corrected chi connectivity index (χ3v) is 5.03. The highest BCUT2D eigenvalue weighted by Crippen LogP contribution is 2.50. The monoisotopic (exact) mass is 328 g/mol. The number of ketones is 2. The fourth-order valence-corrected chi connectivity index (χ4v) is 3.71. The van der Waals surface area contributed by atoms with Gasteiger partial charge in [0.15, 0.2) is 11.4 Å². The summed E-state index contributed by atoms with van der Waals surface area (Å²) in [6.07, 6.45) is 7.48. The lowest BCUT2D eigenvalue weighted by molar-refractivity contribution is -0.129. The number of ether oxygens (including phenoxy) is 1. The Morgan fingerprint density at radius 3 is 2.50 bits per heavy atom. The van der Waals surface area contributed by atoms with Crippen LogP contribution in [0.2, 0.25) is 0 Å². The van der Waals surface area contributed by atoms with E-state index in [1.54, 1.807) is 39.0 Å². The summed E-state index contributed by atoms with van der Waals surface area (Å²) in [5.74, 6) is 0.443. The minimum Gasteiger partial charge on any atom is -0.478 e. The van der Waals surface area contributed by atoms with E-state index in [1.165, 1.54) is 0 Å². The molecule has 0 radical (unpaired) electrons. The quantitative estimate of drug-likeness (QED) is 0.742. The molecule has 0 unspecified atom stereocenters. The van der Waals surface area contributed by atoms with Gasteiger partial charge in [-0.25, -0.2) is 0 Å². The van der Waals surface area contributed by atoms with Gasteiger partial charge in [-0.15, -0.1) is 0 Å². The average Bonchev–Trinajstić information content (AvgIpc) is 2.83. The van der Waals surface area contributed by atoms with Crippen LogP contribution in [0.25, 0.3) is 0 Å². The molecular formula is C20H24O4. The zero-order valence-electron chi connectivity index (χ0n) is 14.9. The molecule has 1 aliphatic carbocycles. The molecule has 2 aliphatic heterocycles. The number of allylic oxidation sites excluding steroid dienone is 4. The lowest BCUT2D eigenvalue weighted by Gasteiger charge is -2.29. The van der Waals surface area contributed by atoms with Crippen LogP contribution in [0, 0.1) is 5.41 Å². The van der Waals surface area contributed by atoms with E-state index in [0.717, 1.165) is 0 Å². The maximum absolute atomic E-state index is 13.0. The third kappa shape index (κ3) is 2.59. The molecule has 2 bridgehead atoms. The summed E-state index contributed by atoms with van der Waals surface area (Å²) in [6, 6.07) is 0.